The van der Waals surface area contributed by atoms with E-state index in [2.05, 4.69) is 24.1 Å². The van der Waals surface area contributed by atoms with Gasteiger partial charge in [0.15, 0.2) is 0 Å². The monoisotopic (exact) mass is 280 g/mol. The van der Waals surface area contributed by atoms with E-state index in [0.717, 1.165) is 12.6 Å². The highest BCUT2D eigenvalue weighted by molar-refractivity contribution is 4.95. The van der Waals surface area contributed by atoms with Gasteiger partial charge in [-0.15, -0.1) is 0 Å². The first-order valence-corrected chi connectivity index (χ1v) is 8.86. The van der Waals surface area contributed by atoms with Crippen molar-refractivity contribution in [2.75, 3.05) is 19.6 Å². The first kappa shape index (κ1) is 14.8. The van der Waals surface area contributed by atoms with Gasteiger partial charge in [0.1, 0.15) is 0 Å². The zero-order chi connectivity index (χ0) is 14.0. The molecule has 0 amide bonds. The fourth-order valence-electron chi connectivity index (χ4n) is 4.55. The van der Waals surface area contributed by atoms with Gasteiger partial charge in [-0.05, 0) is 39.0 Å². The Morgan fingerprint density at radius 2 is 2.05 bits per heavy atom. The standard InChI is InChI=1S/C17H32N2O/c1-3-6-15-11-18-14(2)12-19(15)13-16-7-10-17(20-16)8-4-5-9-17/h14-16,18H,3-13H2,1-2H3. The van der Waals surface area contributed by atoms with Gasteiger partial charge >= 0.3 is 0 Å². The van der Waals surface area contributed by atoms with Gasteiger partial charge in [0, 0.05) is 31.7 Å². The van der Waals surface area contributed by atoms with Crippen molar-refractivity contribution in [3.05, 3.63) is 0 Å². The Hall–Kier alpha value is -0.120. The molecule has 2 aliphatic heterocycles. The molecule has 1 N–H and O–H groups in total. The van der Waals surface area contributed by atoms with Crippen LogP contribution in [0.5, 0.6) is 0 Å². The number of hydrogen-bond acceptors (Lipinski definition) is 3. The van der Waals surface area contributed by atoms with Crippen molar-refractivity contribution in [2.45, 2.75) is 89.0 Å². The minimum atomic E-state index is 0.296. The van der Waals surface area contributed by atoms with Gasteiger partial charge in [-0.1, -0.05) is 26.2 Å². The van der Waals surface area contributed by atoms with Gasteiger partial charge in [-0.2, -0.15) is 0 Å². The van der Waals surface area contributed by atoms with Crippen molar-refractivity contribution in [2.24, 2.45) is 0 Å². The maximum absolute atomic E-state index is 6.51. The van der Waals surface area contributed by atoms with Crippen molar-refractivity contribution >= 4 is 0 Å². The number of piperazine rings is 1. The summed E-state index contributed by atoms with van der Waals surface area (Å²) in [5, 5.41) is 3.64. The van der Waals surface area contributed by atoms with E-state index in [0.29, 0.717) is 17.7 Å². The average molecular weight is 280 g/mol. The summed E-state index contributed by atoms with van der Waals surface area (Å²) in [6, 6.07) is 1.35. The molecule has 1 spiro atoms. The third kappa shape index (κ3) is 3.20. The molecule has 2 saturated heterocycles. The molecule has 0 aromatic carbocycles. The lowest BCUT2D eigenvalue weighted by molar-refractivity contribution is -0.0550. The highest BCUT2D eigenvalue weighted by Gasteiger charge is 2.43. The summed E-state index contributed by atoms with van der Waals surface area (Å²) in [4.78, 5) is 2.71. The molecule has 3 rings (SSSR count). The highest BCUT2D eigenvalue weighted by Crippen LogP contribution is 2.43. The first-order valence-electron chi connectivity index (χ1n) is 8.86. The van der Waals surface area contributed by atoms with Crippen molar-refractivity contribution in [3.8, 4) is 0 Å². The molecule has 0 aromatic rings. The minimum absolute atomic E-state index is 0.296. The van der Waals surface area contributed by atoms with Gasteiger partial charge in [0.25, 0.3) is 0 Å². The quantitative estimate of drug-likeness (QED) is 0.857. The number of nitrogens with zero attached hydrogens (tertiary/aromatic N) is 1. The summed E-state index contributed by atoms with van der Waals surface area (Å²) >= 11 is 0. The highest BCUT2D eigenvalue weighted by atomic mass is 16.5. The predicted octanol–water partition coefficient (Wildman–Crippen LogP) is 2.94. The zero-order valence-electron chi connectivity index (χ0n) is 13.4. The molecule has 3 unspecified atom stereocenters. The van der Waals surface area contributed by atoms with Gasteiger partial charge in [0.05, 0.1) is 11.7 Å². The van der Waals surface area contributed by atoms with E-state index in [9.17, 15) is 0 Å². The van der Waals surface area contributed by atoms with Crippen LogP contribution in [0.4, 0.5) is 0 Å². The van der Waals surface area contributed by atoms with Crippen molar-refractivity contribution in [3.63, 3.8) is 0 Å². The normalized spacial score (nSPS) is 37.8. The van der Waals surface area contributed by atoms with Crippen LogP contribution in [0.3, 0.4) is 0 Å². The molecular formula is C17H32N2O. The van der Waals surface area contributed by atoms with Gasteiger partial charge in [-0.3, -0.25) is 4.90 Å². The lowest BCUT2D eigenvalue weighted by Gasteiger charge is -2.40. The van der Waals surface area contributed by atoms with Crippen molar-refractivity contribution < 1.29 is 4.74 Å². The molecule has 0 aromatic heterocycles. The van der Waals surface area contributed by atoms with E-state index < -0.39 is 0 Å². The fourth-order valence-corrected chi connectivity index (χ4v) is 4.55. The van der Waals surface area contributed by atoms with Gasteiger partial charge < -0.3 is 10.1 Å². The lowest BCUT2D eigenvalue weighted by Crippen LogP contribution is -2.57. The summed E-state index contributed by atoms with van der Waals surface area (Å²) in [5.74, 6) is 0. The Kier molecular flexibility index (Phi) is 4.68. The van der Waals surface area contributed by atoms with E-state index in [-0.39, 0.29) is 0 Å². The second-order valence-corrected chi connectivity index (χ2v) is 7.37. The Labute approximate surface area is 124 Å². The third-order valence-electron chi connectivity index (χ3n) is 5.64. The second-order valence-electron chi connectivity index (χ2n) is 7.37. The minimum Gasteiger partial charge on any atom is -0.370 e. The summed E-state index contributed by atoms with van der Waals surface area (Å²) in [5.41, 5.74) is 0.296. The lowest BCUT2D eigenvalue weighted by atomic mass is 9.98. The van der Waals surface area contributed by atoms with Crippen LogP contribution in [0, 0.1) is 0 Å². The third-order valence-corrected chi connectivity index (χ3v) is 5.64. The van der Waals surface area contributed by atoms with Crippen LogP contribution in [-0.4, -0.2) is 48.3 Å². The maximum atomic E-state index is 6.51. The molecule has 3 heteroatoms. The molecule has 1 saturated carbocycles. The first-order chi connectivity index (χ1) is 9.71. The number of hydrogen-bond donors (Lipinski definition) is 1. The summed E-state index contributed by atoms with van der Waals surface area (Å²) < 4.78 is 6.51. The van der Waals surface area contributed by atoms with E-state index in [1.165, 1.54) is 64.5 Å². The Balaban J connectivity index is 1.55. The molecule has 3 aliphatic rings. The number of nitrogens with one attached hydrogen (secondary N) is 1. The molecular weight excluding hydrogens is 248 g/mol. The van der Waals surface area contributed by atoms with E-state index in [4.69, 9.17) is 4.74 Å². The van der Waals surface area contributed by atoms with Crippen LogP contribution >= 0.6 is 0 Å². The predicted molar refractivity (Wildman–Crippen MR) is 83.0 cm³/mol. The molecule has 3 fully saturated rings. The smallest absolute Gasteiger partial charge is 0.0710 e. The SMILES string of the molecule is CCCC1CNC(C)CN1CC1CCC2(CCCC2)O1. The van der Waals surface area contributed by atoms with E-state index in [1.807, 2.05) is 0 Å². The van der Waals surface area contributed by atoms with Crippen LogP contribution in [-0.2, 0) is 4.74 Å². The number of rotatable bonds is 4. The summed E-state index contributed by atoms with van der Waals surface area (Å²) in [7, 11) is 0. The van der Waals surface area contributed by atoms with Crippen LogP contribution < -0.4 is 5.32 Å². The van der Waals surface area contributed by atoms with Gasteiger partial charge in [0.2, 0.25) is 0 Å². The van der Waals surface area contributed by atoms with Crippen molar-refractivity contribution in [1.29, 1.82) is 0 Å². The maximum Gasteiger partial charge on any atom is 0.0710 e. The largest absolute Gasteiger partial charge is 0.370 e. The van der Waals surface area contributed by atoms with E-state index in [1.54, 1.807) is 0 Å². The topological polar surface area (TPSA) is 24.5 Å². The van der Waals surface area contributed by atoms with Crippen LogP contribution in [0.15, 0.2) is 0 Å². The molecule has 0 bridgehead atoms. The Bertz CT molecular complexity index is 314. The molecule has 3 atom stereocenters. The molecule has 0 radical (unpaired) electrons. The Morgan fingerprint density at radius 1 is 1.25 bits per heavy atom. The molecule has 3 nitrogen and oxygen atoms in total. The molecule has 1 aliphatic carbocycles. The van der Waals surface area contributed by atoms with E-state index >= 15 is 0 Å². The van der Waals surface area contributed by atoms with Crippen LogP contribution in [0.2, 0.25) is 0 Å². The average Bonchev–Trinajstić information content (AvgIpc) is 3.04. The Morgan fingerprint density at radius 3 is 2.80 bits per heavy atom. The summed E-state index contributed by atoms with van der Waals surface area (Å²) in [6.45, 7) is 8.13. The molecule has 20 heavy (non-hydrogen) atoms. The molecule has 116 valence electrons. The summed E-state index contributed by atoms with van der Waals surface area (Å²) in [6.07, 6.45) is 11.1. The molecule has 2 heterocycles. The van der Waals surface area contributed by atoms with Crippen LogP contribution in [0.1, 0.15) is 65.2 Å². The van der Waals surface area contributed by atoms with Crippen LogP contribution in [0.25, 0.3) is 0 Å². The second kappa shape index (κ2) is 6.33. The van der Waals surface area contributed by atoms with Crippen molar-refractivity contribution in [1.82, 2.24) is 10.2 Å². The number of ether oxygens (including phenoxy) is 1. The van der Waals surface area contributed by atoms with Gasteiger partial charge in [-0.25, -0.2) is 0 Å². The zero-order valence-corrected chi connectivity index (χ0v) is 13.4. The fraction of sp³-hybridized carbons (Fsp3) is 1.00.